The van der Waals surface area contributed by atoms with Crippen molar-refractivity contribution >= 4 is 17.5 Å². The number of aryl methyl sites for hydroxylation is 1. The summed E-state index contributed by atoms with van der Waals surface area (Å²) < 4.78 is 5.94. The number of benzene rings is 2. The molecule has 3 fully saturated rings. The average molecular weight is 371 g/mol. The van der Waals surface area contributed by atoms with Crippen LogP contribution in [-0.2, 0) is 9.59 Å². The second kappa shape index (κ2) is 5.57. The van der Waals surface area contributed by atoms with Crippen molar-refractivity contribution in [2.45, 2.75) is 13.3 Å². The Morgan fingerprint density at radius 1 is 0.857 bits per heavy atom. The van der Waals surface area contributed by atoms with Gasteiger partial charge in [-0.2, -0.15) is 0 Å². The highest BCUT2D eigenvalue weighted by molar-refractivity contribution is 6.22. The molecule has 5 aliphatic rings. The minimum absolute atomic E-state index is 0.0210. The molecule has 1 saturated heterocycles. The fraction of sp³-hybridized carbons (Fsp3) is 0.333. The van der Waals surface area contributed by atoms with Crippen LogP contribution in [0.25, 0.3) is 0 Å². The number of carbonyl (C=O) groups excluding carboxylic acids is 2. The molecule has 1 heterocycles. The molecule has 2 bridgehead atoms. The molecule has 0 radical (unpaired) electrons. The van der Waals surface area contributed by atoms with Crippen LogP contribution < -0.4 is 9.64 Å². The van der Waals surface area contributed by atoms with Crippen LogP contribution in [0.5, 0.6) is 11.5 Å². The number of para-hydroxylation sites is 1. The molecule has 140 valence electrons. The molecule has 0 N–H and O–H groups in total. The Kier molecular flexibility index (Phi) is 3.20. The normalized spacial score (nSPS) is 34.4. The Morgan fingerprint density at radius 2 is 1.46 bits per heavy atom. The van der Waals surface area contributed by atoms with Gasteiger partial charge in [0.2, 0.25) is 11.8 Å². The molecule has 0 unspecified atom stereocenters. The number of hydrogen-bond acceptors (Lipinski definition) is 3. The number of anilines is 1. The summed E-state index contributed by atoms with van der Waals surface area (Å²) in [4.78, 5) is 27.8. The van der Waals surface area contributed by atoms with Crippen molar-refractivity contribution in [1.82, 2.24) is 0 Å². The molecule has 4 aliphatic carbocycles. The lowest BCUT2D eigenvalue weighted by molar-refractivity contribution is -0.124. The predicted octanol–water partition coefficient (Wildman–Crippen LogP) is 4.34. The van der Waals surface area contributed by atoms with E-state index in [4.69, 9.17) is 4.74 Å². The summed E-state index contributed by atoms with van der Waals surface area (Å²) >= 11 is 0. The lowest BCUT2D eigenvalue weighted by Gasteiger charge is -2.37. The van der Waals surface area contributed by atoms with Gasteiger partial charge in [0.1, 0.15) is 11.5 Å². The maximum atomic E-state index is 13.2. The third-order valence-electron chi connectivity index (χ3n) is 7.08. The lowest BCUT2D eigenvalue weighted by atomic mass is 9.63. The van der Waals surface area contributed by atoms with E-state index in [1.165, 1.54) is 11.3 Å². The largest absolute Gasteiger partial charge is 0.457 e. The summed E-state index contributed by atoms with van der Waals surface area (Å²) in [6, 6.07) is 15.1. The number of imide groups is 1. The van der Waals surface area contributed by atoms with Crippen LogP contribution in [0.2, 0.25) is 0 Å². The van der Waals surface area contributed by atoms with Gasteiger partial charge in [0.05, 0.1) is 17.5 Å². The molecule has 4 heteroatoms. The number of amides is 2. The molecule has 1 aliphatic heterocycles. The molecule has 0 spiro atoms. The van der Waals surface area contributed by atoms with E-state index in [-0.39, 0.29) is 35.5 Å². The second-order valence-electron chi connectivity index (χ2n) is 8.53. The van der Waals surface area contributed by atoms with Gasteiger partial charge in [-0.1, -0.05) is 30.4 Å². The first-order valence-electron chi connectivity index (χ1n) is 10.0. The van der Waals surface area contributed by atoms with E-state index in [0.29, 0.717) is 23.3 Å². The van der Waals surface area contributed by atoms with Gasteiger partial charge in [-0.05, 0) is 72.9 Å². The molecule has 7 rings (SSSR count). The molecular weight excluding hydrogens is 350 g/mol. The third kappa shape index (κ3) is 2.12. The van der Waals surface area contributed by atoms with Crippen molar-refractivity contribution in [2.24, 2.45) is 35.5 Å². The van der Waals surface area contributed by atoms with E-state index in [9.17, 15) is 9.59 Å². The van der Waals surface area contributed by atoms with Crippen molar-refractivity contribution in [3.63, 3.8) is 0 Å². The Bertz CT molecular complexity index is 988. The summed E-state index contributed by atoms with van der Waals surface area (Å²) in [5.41, 5.74) is 1.71. The van der Waals surface area contributed by atoms with Gasteiger partial charge in [-0.3, -0.25) is 14.5 Å². The summed E-state index contributed by atoms with van der Waals surface area (Å²) in [6.07, 6.45) is 5.59. The van der Waals surface area contributed by atoms with E-state index >= 15 is 0 Å². The average Bonchev–Trinajstić information content (AvgIpc) is 3.49. The van der Waals surface area contributed by atoms with Crippen LogP contribution in [0.3, 0.4) is 0 Å². The highest BCUT2D eigenvalue weighted by atomic mass is 16.5. The van der Waals surface area contributed by atoms with Crippen molar-refractivity contribution < 1.29 is 14.3 Å². The summed E-state index contributed by atoms with van der Waals surface area (Å²) in [7, 11) is 0. The number of carbonyl (C=O) groups is 2. The molecule has 4 nitrogen and oxygen atoms in total. The van der Waals surface area contributed by atoms with Gasteiger partial charge in [0.15, 0.2) is 0 Å². The zero-order valence-electron chi connectivity index (χ0n) is 15.6. The second-order valence-corrected chi connectivity index (χ2v) is 8.53. The van der Waals surface area contributed by atoms with E-state index in [0.717, 1.165) is 11.3 Å². The van der Waals surface area contributed by atoms with Crippen LogP contribution in [-0.4, -0.2) is 11.8 Å². The van der Waals surface area contributed by atoms with Crippen LogP contribution in [0.1, 0.15) is 12.0 Å². The van der Waals surface area contributed by atoms with Crippen LogP contribution in [0.4, 0.5) is 5.69 Å². The SMILES string of the molecule is Cc1ccccc1Oc1ccc(N2C(=O)[C@@H]3[C@@H]4C=C[C@H]([C@H]5C[C@H]45)[C@H]3C2=O)cc1. The summed E-state index contributed by atoms with van der Waals surface area (Å²) in [5, 5.41) is 0. The Morgan fingerprint density at radius 3 is 2.07 bits per heavy atom. The molecular formula is C24H21NO3. The van der Waals surface area contributed by atoms with Gasteiger partial charge in [-0.25, -0.2) is 0 Å². The topological polar surface area (TPSA) is 46.6 Å². The number of allylic oxidation sites excluding steroid dienone is 2. The van der Waals surface area contributed by atoms with Gasteiger partial charge >= 0.3 is 0 Å². The number of hydrogen-bond donors (Lipinski definition) is 0. The molecule has 6 atom stereocenters. The van der Waals surface area contributed by atoms with E-state index in [1.54, 1.807) is 0 Å². The smallest absolute Gasteiger partial charge is 0.238 e. The first-order chi connectivity index (χ1) is 13.6. The zero-order valence-corrected chi connectivity index (χ0v) is 15.6. The minimum atomic E-state index is -0.158. The Hall–Kier alpha value is -2.88. The van der Waals surface area contributed by atoms with Crippen molar-refractivity contribution in [2.75, 3.05) is 4.90 Å². The van der Waals surface area contributed by atoms with Crippen LogP contribution >= 0.6 is 0 Å². The van der Waals surface area contributed by atoms with E-state index < -0.39 is 0 Å². The fourth-order valence-electron chi connectivity index (χ4n) is 5.67. The van der Waals surface area contributed by atoms with E-state index in [2.05, 4.69) is 12.2 Å². The zero-order chi connectivity index (χ0) is 19.0. The first-order valence-corrected chi connectivity index (χ1v) is 10.0. The quantitative estimate of drug-likeness (QED) is 0.595. The van der Waals surface area contributed by atoms with Crippen molar-refractivity contribution in [3.05, 3.63) is 66.2 Å². The summed E-state index contributed by atoms with van der Waals surface area (Å²) in [5.74, 6) is 2.89. The van der Waals surface area contributed by atoms with Gasteiger partial charge in [0, 0.05) is 0 Å². The maximum Gasteiger partial charge on any atom is 0.238 e. The number of rotatable bonds is 3. The van der Waals surface area contributed by atoms with Crippen molar-refractivity contribution in [1.29, 1.82) is 0 Å². The third-order valence-corrected chi connectivity index (χ3v) is 7.08. The first kappa shape index (κ1) is 16.1. The molecule has 2 saturated carbocycles. The highest BCUT2D eigenvalue weighted by Gasteiger charge is 2.67. The van der Waals surface area contributed by atoms with Gasteiger partial charge < -0.3 is 4.74 Å². The van der Waals surface area contributed by atoms with E-state index in [1.807, 2.05) is 55.5 Å². The van der Waals surface area contributed by atoms with Gasteiger partial charge in [-0.15, -0.1) is 0 Å². The van der Waals surface area contributed by atoms with Gasteiger partial charge in [0.25, 0.3) is 0 Å². The Labute approximate surface area is 163 Å². The fourth-order valence-corrected chi connectivity index (χ4v) is 5.67. The Balaban J connectivity index is 1.27. The number of nitrogens with zero attached hydrogens (tertiary/aromatic N) is 1. The highest BCUT2D eigenvalue weighted by Crippen LogP contribution is 2.65. The maximum absolute atomic E-state index is 13.2. The number of ether oxygens (including phenoxy) is 1. The predicted molar refractivity (Wildman–Crippen MR) is 105 cm³/mol. The van der Waals surface area contributed by atoms with Crippen LogP contribution in [0, 0.1) is 42.4 Å². The summed E-state index contributed by atoms with van der Waals surface area (Å²) in [6.45, 7) is 2.00. The molecule has 28 heavy (non-hydrogen) atoms. The molecule has 0 aromatic heterocycles. The minimum Gasteiger partial charge on any atom is -0.457 e. The molecule has 2 aromatic carbocycles. The lowest BCUT2D eigenvalue weighted by Crippen LogP contribution is -2.40. The monoisotopic (exact) mass is 371 g/mol. The molecule has 2 aromatic rings. The molecule has 2 amide bonds. The van der Waals surface area contributed by atoms with Crippen molar-refractivity contribution in [3.8, 4) is 11.5 Å². The standard InChI is InChI=1S/C24H21NO3/c1-13-4-2-3-5-20(13)28-15-8-6-14(7-9-15)25-23(26)21-16-10-11-17(19-12-18(16)19)22(21)24(25)27/h2-11,16-19,21-22H,12H2,1H3/t16-,17-,18-,19-,21-,22-/m1/s1. The van der Waals surface area contributed by atoms with Crippen LogP contribution in [0.15, 0.2) is 60.7 Å².